The summed E-state index contributed by atoms with van der Waals surface area (Å²) >= 11 is 0. The lowest BCUT2D eigenvalue weighted by atomic mass is 9.84. The van der Waals surface area contributed by atoms with Crippen LogP contribution < -0.4 is 11.2 Å². The van der Waals surface area contributed by atoms with E-state index in [9.17, 15) is 4.79 Å². The molecule has 0 fully saturated rings. The fourth-order valence-electron chi connectivity index (χ4n) is 6.67. The molecule has 0 saturated heterocycles. The van der Waals surface area contributed by atoms with Crippen LogP contribution in [-0.4, -0.2) is 9.55 Å². The Hall–Kier alpha value is -5.42. The third-order valence-corrected chi connectivity index (χ3v) is 8.94. The molecular formula is C38H29N3O2. The third kappa shape index (κ3) is 3.58. The topological polar surface area (TPSA) is 74.0 Å². The Bertz CT molecular complexity index is 2420. The van der Waals surface area contributed by atoms with Gasteiger partial charge < -0.3 is 10.2 Å². The quantitative estimate of drug-likeness (QED) is 0.220. The van der Waals surface area contributed by atoms with E-state index in [0.29, 0.717) is 21.9 Å². The Morgan fingerprint density at radius 1 is 0.814 bits per heavy atom. The predicted molar refractivity (Wildman–Crippen MR) is 177 cm³/mol. The minimum absolute atomic E-state index is 0.0249. The highest BCUT2D eigenvalue weighted by molar-refractivity contribution is 6.10. The van der Waals surface area contributed by atoms with Gasteiger partial charge in [-0.1, -0.05) is 56.3 Å². The molecule has 3 aromatic heterocycles. The zero-order valence-corrected chi connectivity index (χ0v) is 24.2. The summed E-state index contributed by atoms with van der Waals surface area (Å²) in [7, 11) is 0. The van der Waals surface area contributed by atoms with Crippen molar-refractivity contribution < 1.29 is 4.42 Å². The van der Waals surface area contributed by atoms with Crippen molar-refractivity contribution in [2.45, 2.75) is 26.2 Å². The van der Waals surface area contributed by atoms with Crippen molar-refractivity contribution in [2.24, 2.45) is 5.73 Å². The molecule has 43 heavy (non-hydrogen) atoms. The van der Waals surface area contributed by atoms with Gasteiger partial charge in [0.25, 0.3) is 0 Å². The second-order valence-corrected chi connectivity index (χ2v) is 11.8. The van der Waals surface area contributed by atoms with Crippen molar-refractivity contribution in [1.29, 1.82) is 0 Å². The monoisotopic (exact) mass is 559 g/mol. The number of hydrogen-bond donors (Lipinski definition) is 1. The second kappa shape index (κ2) is 9.04. The largest absolute Gasteiger partial charge is 0.456 e. The highest BCUT2D eigenvalue weighted by Gasteiger charge is 2.36. The molecule has 5 nitrogen and oxygen atoms in total. The Morgan fingerprint density at radius 2 is 1.60 bits per heavy atom. The number of allylic oxidation sites excluding steroid dienone is 4. The first-order chi connectivity index (χ1) is 20.9. The number of nitrogens with two attached hydrogens (primary N) is 1. The van der Waals surface area contributed by atoms with E-state index < -0.39 is 0 Å². The lowest BCUT2D eigenvalue weighted by molar-refractivity contribution is 0.632. The molecule has 1 aliphatic carbocycles. The van der Waals surface area contributed by atoms with Gasteiger partial charge in [0.05, 0.1) is 16.3 Å². The van der Waals surface area contributed by atoms with E-state index in [0.717, 1.165) is 50.0 Å². The number of nitrogens with zero attached hydrogens (tertiary/aromatic N) is 2. The predicted octanol–water partition coefficient (Wildman–Crippen LogP) is 8.64. The van der Waals surface area contributed by atoms with Crippen LogP contribution in [0.15, 0.2) is 124 Å². The van der Waals surface area contributed by atoms with Crippen LogP contribution in [-0.2, 0) is 5.41 Å². The molecule has 0 unspecified atom stereocenters. The van der Waals surface area contributed by atoms with Crippen LogP contribution in [0.3, 0.4) is 0 Å². The van der Waals surface area contributed by atoms with Crippen molar-refractivity contribution >= 4 is 49.4 Å². The van der Waals surface area contributed by atoms with E-state index >= 15 is 0 Å². The number of benzene rings is 4. The average Bonchev–Trinajstić information content (AvgIpc) is 3.45. The molecule has 8 rings (SSSR count). The van der Waals surface area contributed by atoms with Crippen molar-refractivity contribution in [2.75, 3.05) is 0 Å². The van der Waals surface area contributed by atoms with Gasteiger partial charge in [-0.15, -0.1) is 0 Å². The van der Waals surface area contributed by atoms with E-state index in [1.54, 1.807) is 0 Å². The van der Waals surface area contributed by atoms with Crippen LogP contribution in [0.4, 0.5) is 0 Å². The van der Waals surface area contributed by atoms with Crippen molar-refractivity contribution in [3.05, 3.63) is 136 Å². The molecule has 0 bridgehead atoms. The zero-order valence-electron chi connectivity index (χ0n) is 24.2. The molecule has 2 N–H and O–H groups in total. The first-order valence-electron chi connectivity index (χ1n) is 14.5. The first-order valence-corrected chi connectivity index (χ1v) is 14.5. The highest BCUT2D eigenvalue weighted by Crippen LogP contribution is 2.47. The highest BCUT2D eigenvalue weighted by atomic mass is 16.3. The minimum Gasteiger partial charge on any atom is -0.456 e. The Morgan fingerprint density at radius 3 is 2.47 bits per heavy atom. The summed E-state index contributed by atoms with van der Waals surface area (Å²) in [4.78, 5) is 18.2. The summed E-state index contributed by atoms with van der Waals surface area (Å²) in [5, 5.41) is 3.37. The lowest BCUT2D eigenvalue weighted by Crippen LogP contribution is -2.22. The molecule has 7 aromatic rings. The summed E-state index contributed by atoms with van der Waals surface area (Å²) < 4.78 is 8.29. The van der Waals surface area contributed by atoms with Crippen LogP contribution in [0.2, 0.25) is 0 Å². The summed E-state index contributed by atoms with van der Waals surface area (Å²) in [6.45, 7) is 6.40. The molecule has 1 aliphatic rings. The van der Waals surface area contributed by atoms with Gasteiger partial charge >= 0.3 is 0 Å². The Balaban J connectivity index is 1.35. The molecule has 208 valence electrons. The summed E-state index contributed by atoms with van der Waals surface area (Å²) in [5.74, 6) is 0. The van der Waals surface area contributed by atoms with E-state index in [1.807, 2.05) is 67.7 Å². The average molecular weight is 560 g/mol. The van der Waals surface area contributed by atoms with E-state index in [2.05, 4.69) is 67.0 Å². The van der Waals surface area contributed by atoms with Crippen molar-refractivity contribution in [3.8, 4) is 16.8 Å². The van der Waals surface area contributed by atoms with Gasteiger partial charge in [-0.05, 0) is 89.8 Å². The standard InChI is InChI=1S/C38H29N3O2/c1-4-9-25-28-20-29-26-13-8-17-40-37(26)41(32(29)21-31(28)38(2,3)36(25)39)24-11-7-10-22(18-24)23-15-16-34-30(19-23)35(42)27-12-5-6-14-33(27)43-34/h4-21H,39H2,1-3H3/b9-4-. The van der Waals surface area contributed by atoms with Gasteiger partial charge in [0.15, 0.2) is 0 Å². The summed E-state index contributed by atoms with van der Waals surface area (Å²) in [5.41, 5.74) is 16.9. The zero-order chi connectivity index (χ0) is 29.5. The minimum atomic E-state index is -0.300. The van der Waals surface area contributed by atoms with Gasteiger partial charge in [-0.2, -0.15) is 0 Å². The molecule has 0 spiro atoms. The van der Waals surface area contributed by atoms with Gasteiger partial charge in [-0.25, -0.2) is 4.98 Å². The maximum absolute atomic E-state index is 13.4. The normalized spacial score (nSPS) is 14.6. The van der Waals surface area contributed by atoms with Crippen LogP contribution in [0.1, 0.15) is 31.9 Å². The molecule has 5 heteroatoms. The summed E-state index contributed by atoms with van der Waals surface area (Å²) in [6.07, 6.45) is 6.00. The summed E-state index contributed by atoms with van der Waals surface area (Å²) in [6, 6.07) is 30.3. The molecule has 0 atom stereocenters. The molecule has 0 aliphatic heterocycles. The first kappa shape index (κ1) is 25.3. The fourth-order valence-corrected chi connectivity index (χ4v) is 6.67. The Labute approximate surface area is 248 Å². The SMILES string of the molecule is C/C=C\C1=C(N)C(C)(C)c2cc3c(cc21)c1cccnc1n3-c1cccc(-c2ccc3oc4ccccc4c(=O)c3c2)c1. The number of hydrogen-bond acceptors (Lipinski definition) is 4. The maximum Gasteiger partial charge on any atom is 0.200 e. The van der Waals surface area contributed by atoms with Gasteiger partial charge in [0.1, 0.15) is 16.8 Å². The molecular weight excluding hydrogens is 530 g/mol. The van der Waals surface area contributed by atoms with E-state index in [-0.39, 0.29) is 10.8 Å². The van der Waals surface area contributed by atoms with Crippen molar-refractivity contribution in [3.63, 3.8) is 0 Å². The second-order valence-electron chi connectivity index (χ2n) is 11.8. The number of rotatable bonds is 3. The smallest absolute Gasteiger partial charge is 0.200 e. The van der Waals surface area contributed by atoms with Crippen LogP contribution in [0.25, 0.3) is 66.3 Å². The van der Waals surface area contributed by atoms with Gasteiger partial charge in [-0.3, -0.25) is 9.36 Å². The molecule has 0 radical (unpaired) electrons. The number of para-hydroxylation sites is 1. The van der Waals surface area contributed by atoms with E-state index in [4.69, 9.17) is 15.1 Å². The number of fused-ring (bicyclic) bond motifs is 6. The lowest BCUT2D eigenvalue weighted by Gasteiger charge is -2.22. The van der Waals surface area contributed by atoms with Crippen molar-refractivity contribution in [1.82, 2.24) is 9.55 Å². The van der Waals surface area contributed by atoms with Crippen LogP contribution in [0.5, 0.6) is 0 Å². The van der Waals surface area contributed by atoms with Crippen LogP contribution >= 0.6 is 0 Å². The maximum atomic E-state index is 13.4. The van der Waals surface area contributed by atoms with E-state index in [1.165, 1.54) is 11.1 Å². The van der Waals surface area contributed by atoms with Gasteiger partial charge in [0, 0.05) is 39.3 Å². The van der Waals surface area contributed by atoms with Crippen LogP contribution in [0, 0.1) is 0 Å². The number of pyridine rings is 1. The third-order valence-electron chi connectivity index (χ3n) is 8.94. The molecule has 4 aromatic carbocycles. The molecule has 0 amide bonds. The molecule has 0 saturated carbocycles. The van der Waals surface area contributed by atoms with Gasteiger partial charge in [0.2, 0.25) is 5.43 Å². The number of aromatic nitrogens is 2. The fraction of sp³-hybridized carbons (Fsp3) is 0.105. The molecule has 3 heterocycles. The Kier molecular flexibility index (Phi) is 5.32.